The molecule has 0 amide bonds. The zero-order chi connectivity index (χ0) is 22.2. The molecular weight excluding hydrogens is 408 g/mol. The summed E-state index contributed by atoms with van der Waals surface area (Å²) >= 11 is 0. The van der Waals surface area contributed by atoms with E-state index in [0.29, 0.717) is 29.8 Å². The van der Waals surface area contributed by atoms with Crippen molar-refractivity contribution in [1.29, 1.82) is 0 Å². The SMILES string of the molecule is COCCn1cnc2cc(N3CCN(c4c(C)c(C)nc5ncnn45)CC3)ccc2c1=O. The molecule has 166 valence electrons. The number of anilines is 2. The summed E-state index contributed by atoms with van der Waals surface area (Å²) in [5, 5.41) is 5.01. The zero-order valence-corrected chi connectivity index (χ0v) is 18.5. The fraction of sp³-hybridized carbons (Fsp3) is 0.409. The number of fused-ring (bicyclic) bond motifs is 2. The first-order valence-corrected chi connectivity index (χ1v) is 10.7. The van der Waals surface area contributed by atoms with Gasteiger partial charge in [-0.15, -0.1) is 0 Å². The van der Waals surface area contributed by atoms with Crippen molar-refractivity contribution in [3.8, 4) is 0 Å². The molecular formula is C22H26N8O2. The Balaban J connectivity index is 1.37. The Hall–Kier alpha value is -3.53. The van der Waals surface area contributed by atoms with E-state index in [9.17, 15) is 4.79 Å². The molecule has 1 fully saturated rings. The van der Waals surface area contributed by atoms with Gasteiger partial charge in [-0.3, -0.25) is 9.36 Å². The highest BCUT2D eigenvalue weighted by atomic mass is 16.5. The van der Waals surface area contributed by atoms with Gasteiger partial charge in [0.05, 0.1) is 30.4 Å². The van der Waals surface area contributed by atoms with Gasteiger partial charge in [0, 0.05) is 50.2 Å². The van der Waals surface area contributed by atoms with Crippen molar-refractivity contribution in [3.63, 3.8) is 0 Å². The lowest BCUT2D eigenvalue weighted by molar-refractivity contribution is 0.186. The molecule has 0 N–H and O–H groups in total. The van der Waals surface area contributed by atoms with Crippen molar-refractivity contribution in [1.82, 2.24) is 29.1 Å². The first-order chi connectivity index (χ1) is 15.6. The molecule has 4 heterocycles. The highest BCUT2D eigenvalue weighted by molar-refractivity contribution is 5.81. The zero-order valence-electron chi connectivity index (χ0n) is 18.5. The van der Waals surface area contributed by atoms with E-state index in [1.54, 1.807) is 24.3 Å². The number of benzene rings is 1. The lowest BCUT2D eigenvalue weighted by Crippen LogP contribution is -2.47. The number of aryl methyl sites for hydroxylation is 1. The minimum absolute atomic E-state index is 0.0381. The summed E-state index contributed by atoms with van der Waals surface area (Å²) in [7, 11) is 1.62. The number of methoxy groups -OCH3 is 1. The predicted molar refractivity (Wildman–Crippen MR) is 123 cm³/mol. The van der Waals surface area contributed by atoms with E-state index in [4.69, 9.17) is 4.74 Å². The van der Waals surface area contributed by atoms with Crippen LogP contribution in [0.5, 0.6) is 0 Å². The first kappa shape index (κ1) is 20.4. The molecule has 0 bridgehead atoms. The van der Waals surface area contributed by atoms with E-state index in [2.05, 4.69) is 36.8 Å². The van der Waals surface area contributed by atoms with E-state index >= 15 is 0 Å². The van der Waals surface area contributed by atoms with Crippen molar-refractivity contribution in [2.45, 2.75) is 20.4 Å². The quantitative estimate of drug-likeness (QED) is 0.466. The van der Waals surface area contributed by atoms with Crippen molar-refractivity contribution in [2.75, 3.05) is 49.7 Å². The summed E-state index contributed by atoms with van der Waals surface area (Å²) < 4.78 is 8.49. The second-order valence-electron chi connectivity index (χ2n) is 8.03. The maximum atomic E-state index is 12.7. The van der Waals surface area contributed by atoms with Gasteiger partial charge in [0.25, 0.3) is 11.3 Å². The van der Waals surface area contributed by atoms with Crippen LogP contribution >= 0.6 is 0 Å². The molecule has 0 radical (unpaired) electrons. The molecule has 0 atom stereocenters. The standard InChI is InChI=1S/C22H26N8O2/c1-15-16(2)26-22-23-13-25-30(22)20(15)28-8-6-27(7-9-28)17-4-5-18-19(12-17)24-14-29(21(18)31)10-11-32-3/h4-5,12-14H,6-11H2,1-3H3. The Labute approximate surface area is 185 Å². The number of hydrogen-bond donors (Lipinski definition) is 0. The molecule has 1 saturated heterocycles. The predicted octanol–water partition coefficient (Wildman–Crippen LogP) is 1.42. The summed E-state index contributed by atoms with van der Waals surface area (Å²) in [4.78, 5) is 30.7. The van der Waals surface area contributed by atoms with Gasteiger partial charge < -0.3 is 14.5 Å². The van der Waals surface area contributed by atoms with Crippen LogP contribution in [0.25, 0.3) is 16.7 Å². The summed E-state index contributed by atoms with van der Waals surface area (Å²) in [5.41, 5.74) is 3.85. The molecule has 10 heteroatoms. The van der Waals surface area contributed by atoms with E-state index in [-0.39, 0.29) is 5.56 Å². The van der Waals surface area contributed by atoms with Crippen LogP contribution in [0.3, 0.4) is 0 Å². The fourth-order valence-electron chi connectivity index (χ4n) is 4.26. The number of nitrogens with zero attached hydrogens (tertiary/aromatic N) is 8. The second-order valence-corrected chi connectivity index (χ2v) is 8.03. The van der Waals surface area contributed by atoms with Gasteiger partial charge in [-0.05, 0) is 32.0 Å². The van der Waals surface area contributed by atoms with Crippen molar-refractivity contribution in [3.05, 3.63) is 52.5 Å². The molecule has 0 saturated carbocycles. The van der Waals surface area contributed by atoms with Gasteiger partial charge in [-0.2, -0.15) is 14.6 Å². The summed E-state index contributed by atoms with van der Waals surface area (Å²) in [5.74, 6) is 1.68. The number of hydrogen-bond acceptors (Lipinski definition) is 8. The molecule has 0 aliphatic carbocycles. The Morgan fingerprint density at radius 3 is 2.62 bits per heavy atom. The molecule has 4 aromatic rings. The van der Waals surface area contributed by atoms with E-state index in [1.807, 2.05) is 29.6 Å². The van der Waals surface area contributed by atoms with Crippen LogP contribution in [0.4, 0.5) is 11.5 Å². The Bertz CT molecular complexity index is 1340. The third-order valence-electron chi connectivity index (χ3n) is 6.17. The smallest absolute Gasteiger partial charge is 0.261 e. The van der Waals surface area contributed by atoms with E-state index < -0.39 is 0 Å². The van der Waals surface area contributed by atoms with Gasteiger partial charge >= 0.3 is 0 Å². The fourth-order valence-corrected chi connectivity index (χ4v) is 4.26. The lowest BCUT2D eigenvalue weighted by Gasteiger charge is -2.37. The number of piperazine rings is 1. The molecule has 3 aromatic heterocycles. The highest BCUT2D eigenvalue weighted by Crippen LogP contribution is 2.26. The molecule has 1 aromatic carbocycles. The van der Waals surface area contributed by atoms with Gasteiger partial charge in [0.1, 0.15) is 12.1 Å². The van der Waals surface area contributed by atoms with Crippen LogP contribution in [0.1, 0.15) is 11.3 Å². The summed E-state index contributed by atoms with van der Waals surface area (Å²) in [6.45, 7) is 8.48. The molecule has 1 aliphatic rings. The van der Waals surface area contributed by atoms with Crippen molar-refractivity contribution in [2.24, 2.45) is 0 Å². The van der Waals surface area contributed by atoms with Crippen LogP contribution < -0.4 is 15.4 Å². The summed E-state index contributed by atoms with van der Waals surface area (Å²) in [6, 6.07) is 5.90. The normalized spacial score (nSPS) is 14.6. The number of ether oxygens (including phenoxy) is 1. The van der Waals surface area contributed by atoms with E-state index in [0.717, 1.165) is 48.9 Å². The van der Waals surface area contributed by atoms with Crippen molar-refractivity contribution >= 4 is 28.2 Å². The van der Waals surface area contributed by atoms with E-state index in [1.165, 1.54) is 0 Å². The van der Waals surface area contributed by atoms with Crippen molar-refractivity contribution < 1.29 is 4.74 Å². The maximum Gasteiger partial charge on any atom is 0.261 e. The van der Waals surface area contributed by atoms with Gasteiger partial charge in [0.15, 0.2) is 0 Å². The highest BCUT2D eigenvalue weighted by Gasteiger charge is 2.23. The molecule has 0 spiro atoms. The minimum atomic E-state index is -0.0381. The van der Waals surface area contributed by atoms with Gasteiger partial charge in [-0.1, -0.05) is 0 Å². The third kappa shape index (κ3) is 3.46. The largest absolute Gasteiger partial charge is 0.383 e. The van der Waals surface area contributed by atoms with Gasteiger partial charge in [-0.25, -0.2) is 9.97 Å². The number of aromatic nitrogens is 6. The second kappa shape index (κ2) is 8.19. The minimum Gasteiger partial charge on any atom is -0.383 e. The monoisotopic (exact) mass is 434 g/mol. The molecule has 5 rings (SSSR count). The molecule has 10 nitrogen and oxygen atoms in total. The van der Waals surface area contributed by atoms with Crippen LogP contribution in [0, 0.1) is 13.8 Å². The first-order valence-electron chi connectivity index (χ1n) is 10.7. The maximum absolute atomic E-state index is 12.7. The molecule has 1 aliphatic heterocycles. The Morgan fingerprint density at radius 1 is 1.06 bits per heavy atom. The van der Waals surface area contributed by atoms with Gasteiger partial charge in [0.2, 0.25) is 0 Å². The lowest BCUT2D eigenvalue weighted by atomic mass is 10.1. The Morgan fingerprint density at radius 2 is 1.84 bits per heavy atom. The Kier molecular flexibility index (Phi) is 5.22. The average molecular weight is 435 g/mol. The third-order valence-corrected chi connectivity index (χ3v) is 6.17. The topological polar surface area (TPSA) is 93.7 Å². The average Bonchev–Trinajstić information content (AvgIpc) is 3.27. The number of rotatable bonds is 5. The van der Waals surface area contributed by atoms with Crippen LogP contribution in [-0.4, -0.2) is 69.0 Å². The molecule has 0 unspecified atom stereocenters. The summed E-state index contributed by atoms with van der Waals surface area (Å²) in [6.07, 6.45) is 3.15. The van der Waals surface area contributed by atoms with Crippen LogP contribution in [0.2, 0.25) is 0 Å². The molecule has 32 heavy (non-hydrogen) atoms. The van der Waals surface area contributed by atoms with Crippen LogP contribution in [0.15, 0.2) is 35.6 Å². The van der Waals surface area contributed by atoms with Crippen LogP contribution in [-0.2, 0) is 11.3 Å².